The van der Waals surface area contributed by atoms with Gasteiger partial charge in [-0.15, -0.1) is 0 Å². The third-order valence-electron chi connectivity index (χ3n) is 2.95. The molecule has 2 aromatic rings. The molecule has 8 heteroatoms. The largest absolute Gasteiger partial charge is 0.493 e. The molecule has 0 aliphatic heterocycles. The van der Waals surface area contributed by atoms with Crippen molar-refractivity contribution >= 4 is 33.7 Å². The Morgan fingerprint density at radius 2 is 2.17 bits per heavy atom. The summed E-state index contributed by atoms with van der Waals surface area (Å²) in [5, 5.41) is 13.9. The summed E-state index contributed by atoms with van der Waals surface area (Å²) in [6.07, 6.45) is 1.22. The normalized spacial score (nSPS) is 10.6. The van der Waals surface area contributed by atoms with E-state index in [1.807, 2.05) is 0 Å². The summed E-state index contributed by atoms with van der Waals surface area (Å²) in [7, 11) is 1.44. The first-order valence-electron chi connectivity index (χ1n) is 6.77. The molecule has 0 fully saturated rings. The molecule has 0 heterocycles. The Bertz CT molecular complexity index is 768. The molecule has 0 unspecified atom stereocenters. The Balaban J connectivity index is 2.08. The van der Waals surface area contributed by atoms with Crippen molar-refractivity contribution in [2.24, 2.45) is 5.16 Å². The first kappa shape index (κ1) is 17.7. The van der Waals surface area contributed by atoms with Gasteiger partial charge in [0.1, 0.15) is 5.82 Å². The standard InChI is InChI=1S/C16H14BrFN2O4/c1-23-14-7-10(8-19-22)6-11(17)16(14)24-9-15(21)20-13-5-3-2-4-12(13)18/h2-8,22H,9H2,1H3,(H,20,21)/b19-8+. The van der Waals surface area contributed by atoms with Gasteiger partial charge in [0, 0.05) is 5.56 Å². The Morgan fingerprint density at radius 1 is 1.42 bits per heavy atom. The molecule has 0 saturated heterocycles. The van der Waals surface area contributed by atoms with Crippen molar-refractivity contribution in [3.8, 4) is 11.5 Å². The predicted molar refractivity (Wildman–Crippen MR) is 90.6 cm³/mol. The number of carbonyl (C=O) groups is 1. The van der Waals surface area contributed by atoms with Crippen LogP contribution in [0, 0.1) is 5.82 Å². The van der Waals surface area contributed by atoms with Crippen LogP contribution in [0.2, 0.25) is 0 Å². The van der Waals surface area contributed by atoms with Crippen molar-refractivity contribution in [3.63, 3.8) is 0 Å². The molecular formula is C16H14BrFN2O4. The Hall–Kier alpha value is -2.61. The fourth-order valence-electron chi connectivity index (χ4n) is 1.91. The molecule has 0 aromatic heterocycles. The fourth-order valence-corrected chi connectivity index (χ4v) is 2.48. The number of carbonyl (C=O) groups excluding carboxylic acids is 1. The molecule has 1 amide bonds. The van der Waals surface area contributed by atoms with E-state index in [4.69, 9.17) is 14.7 Å². The van der Waals surface area contributed by atoms with Crippen LogP contribution in [0.3, 0.4) is 0 Å². The van der Waals surface area contributed by atoms with Crippen LogP contribution in [-0.4, -0.2) is 31.0 Å². The maximum absolute atomic E-state index is 13.5. The summed E-state index contributed by atoms with van der Waals surface area (Å²) >= 11 is 3.30. The number of methoxy groups -OCH3 is 1. The minimum atomic E-state index is -0.530. The van der Waals surface area contributed by atoms with Gasteiger partial charge < -0.3 is 20.0 Å². The van der Waals surface area contributed by atoms with Crippen molar-refractivity contribution < 1.29 is 23.9 Å². The van der Waals surface area contributed by atoms with E-state index in [2.05, 4.69) is 26.4 Å². The highest BCUT2D eigenvalue weighted by Gasteiger charge is 2.14. The van der Waals surface area contributed by atoms with Gasteiger partial charge in [-0.1, -0.05) is 17.3 Å². The second-order valence-electron chi connectivity index (χ2n) is 4.60. The zero-order chi connectivity index (χ0) is 17.5. The second-order valence-corrected chi connectivity index (χ2v) is 5.45. The van der Waals surface area contributed by atoms with Gasteiger partial charge in [0.05, 0.1) is 23.5 Å². The van der Waals surface area contributed by atoms with Gasteiger partial charge in [-0.2, -0.15) is 0 Å². The van der Waals surface area contributed by atoms with Crippen LogP contribution in [0.25, 0.3) is 0 Å². The highest BCUT2D eigenvalue weighted by Crippen LogP contribution is 2.36. The minimum absolute atomic E-state index is 0.0756. The van der Waals surface area contributed by atoms with Crippen molar-refractivity contribution in [2.45, 2.75) is 0 Å². The fraction of sp³-hybridized carbons (Fsp3) is 0.125. The lowest BCUT2D eigenvalue weighted by molar-refractivity contribution is -0.118. The number of ether oxygens (including phenoxy) is 2. The number of rotatable bonds is 6. The number of para-hydroxylation sites is 1. The summed E-state index contributed by atoms with van der Waals surface area (Å²) < 4.78 is 24.7. The van der Waals surface area contributed by atoms with Crippen molar-refractivity contribution in [1.29, 1.82) is 0 Å². The van der Waals surface area contributed by atoms with Crippen LogP contribution in [0.15, 0.2) is 46.0 Å². The van der Waals surface area contributed by atoms with Crippen LogP contribution in [0.5, 0.6) is 11.5 Å². The lowest BCUT2D eigenvalue weighted by Crippen LogP contribution is -2.21. The highest BCUT2D eigenvalue weighted by molar-refractivity contribution is 9.10. The van der Waals surface area contributed by atoms with Crippen LogP contribution in [0.4, 0.5) is 10.1 Å². The number of benzene rings is 2. The van der Waals surface area contributed by atoms with Gasteiger partial charge >= 0.3 is 0 Å². The minimum Gasteiger partial charge on any atom is -0.493 e. The Morgan fingerprint density at radius 3 is 2.83 bits per heavy atom. The second kappa shape index (κ2) is 8.30. The first-order chi connectivity index (χ1) is 11.5. The molecule has 0 radical (unpaired) electrons. The van der Waals surface area contributed by atoms with E-state index in [-0.39, 0.29) is 12.3 Å². The zero-order valence-corrected chi connectivity index (χ0v) is 14.2. The molecule has 0 atom stereocenters. The number of hydrogen-bond acceptors (Lipinski definition) is 5. The number of nitrogens with one attached hydrogen (secondary N) is 1. The number of amides is 1. The van der Waals surface area contributed by atoms with Crippen molar-refractivity contribution in [2.75, 3.05) is 19.0 Å². The topological polar surface area (TPSA) is 80.2 Å². The third-order valence-corrected chi connectivity index (χ3v) is 3.54. The number of hydrogen-bond donors (Lipinski definition) is 2. The maximum Gasteiger partial charge on any atom is 0.262 e. The van der Waals surface area contributed by atoms with Crippen LogP contribution in [0.1, 0.15) is 5.56 Å². The average Bonchev–Trinajstić information content (AvgIpc) is 2.56. The van der Waals surface area contributed by atoms with E-state index >= 15 is 0 Å². The summed E-state index contributed by atoms with van der Waals surface area (Å²) in [4.78, 5) is 11.9. The van der Waals surface area contributed by atoms with Crippen LogP contribution < -0.4 is 14.8 Å². The number of nitrogens with zero attached hydrogens (tertiary/aromatic N) is 1. The SMILES string of the molecule is COc1cc(/C=N/O)cc(Br)c1OCC(=O)Nc1ccccc1F. The quantitative estimate of drug-likeness (QED) is 0.445. The molecule has 126 valence electrons. The Kier molecular flexibility index (Phi) is 6.14. The van der Waals surface area contributed by atoms with Crippen LogP contribution >= 0.6 is 15.9 Å². The molecule has 2 aromatic carbocycles. The lowest BCUT2D eigenvalue weighted by Gasteiger charge is -2.13. The predicted octanol–water partition coefficient (Wildman–Crippen LogP) is 3.42. The number of oxime groups is 1. The van der Waals surface area contributed by atoms with E-state index < -0.39 is 11.7 Å². The molecule has 0 aliphatic carbocycles. The molecule has 0 bridgehead atoms. The van der Waals surface area contributed by atoms with E-state index in [9.17, 15) is 9.18 Å². The summed E-state index contributed by atoms with van der Waals surface area (Å²) in [6, 6.07) is 9.05. The van der Waals surface area contributed by atoms with Crippen LogP contribution in [-0.2, 0) is 4.79 Å². The van der Waals surface area contributed by atoms with Gasteiger partial charge in [0.15, 0.2) is 18.1 Å². The first-order valence-corrected chi connectivity index (χ1v) is 7.56. The molecular weight excluding hydrogens is 383 g/mol. The van der Waals surface area contributed by atoms with E-state index in [0.29, 0.717) is 21.5 Å². The van der Waals surface area contributed by atoms with Gasteiger partial charge in [-0.05, 0) is 40.2 Å². The van der Waals surface area contributed by atoms with Gasteiger partial charge in [0.25, 0.3) is 5.91 Å². The number of halogens is 2. The summed E-state index contributed by atoms with van der Waals surface area (Å²) in [5.41, 5.74) is 0.649. The molecule has 0 saturated carbocycles. The summed E-state index contributed by atoms with van der Waals surface area (Å²) in [5.74, 6) is -0.401. The summed E-state index contributed by atoms with van der Waals surface area (Å²) in [6.45, 7) is -0.337. The van der Waals surface area contributed by atoms with E-state index in [1.165, 1.54) is 31.5 Å². The smallest absolute Gasteiger partial charge is 0.262 e. The molecule has 24 heavy (non-hydrogen) atoms. The van der Waals surface area contributed by atoms with Crippen molar-refractivity contribution in [1.82, 2.24) is 0 Å². The molecule has 0 aliphatic rings. The highest BCUT2D eigenvalue weighted by atomic mass is 79.9. The molecule has 6 nitrogen and oxygen atoms in total. The lowest BCUT2D eigenvalue weighted by atomic mass is 10.2. The molecule has 2 N–H and O–H groups in total. The molecule has 0 spiro atoms. The van der Waals surface area contributed by atoms with Crippen molar-refractivity contribution in [3.05, 3.63) is 52.3 Å². The average molecular weight is 397 g/mol. The maximum atomic E-state index is 13.5. The monoisotopic (exact) mass is 396 g/mol. The van der Waals surface area contributed by atoms with E-state index in [1.54, 1.807) is 18.2 Å². The van der Waals surface area contributed by atoms with Gasteiger partial charge in [-0.3, -0.25) is 4.79 Å². The van der Waals surface area contributed by atoms with Gasteiger partial charge in [-0.25, -0.2) is 4.39 Å². The number of anilines is 1. The van der Waals surface area contributed by atoms with E-state index in [0.717, 1.165) is 0 Å². The third kappa shape index (κ3) is 4.45. The zero-order valence-electron chi connectivity index (χ0n) is 12.6. The molecule has 2 rings (SSSR count). The van der Waals surface area contributed by atoms with Gasteiger partial charge in [0.2, 0.25) is 0 Å². The Labute approximate surface area is 146 Å².